The number of para-hydroxylation sites is 1. The van der Waals surface area contributed by atoms with E-state index in [0.717, 1.165) is 25.7 Å². The average Bonchev–Trinajstić information content (AvgIpc) is 3.43. The van der Waals surface area contributed by atoms with Crippen molar-refractivity contribution in [2.75, 3.05) is 21.2 Å². The molecule has 0 saturated heterocycles. The molecule has 0 radical (unpaired) electrons. The molecule has 1 aliphatic carbocycles. The van der Waals surface area contributed by atoms with Gasteiger partial charge in [0.05, 0.1) is 12.6 Å². The van der Waals surface area contributed by atoms with Crippen LogP contribution >= 0.6 is 0 Å². The zero-order valence-corrected chi connectivity index (χ0v) is 24.5. The number of pyridine rings is 1. The van der Waals surface area contributed by atoms with Crippen molar-refractivity contribution in [2.24, 2.45) is 0 Å². The van der Waals surface area contributed by atoms with Crippen LogP contribution in [0.25, 0.3) is 22.0 Å². The lowest BCUT2D eigenvalue weighted by Gasteiger charge is -2.32. The van der Waals surface area contributed by atoms with Crippen molar-refractivity contribution in [1.82, 2.24) is 30.7 Å². The number of fused-ring (bicyclic) bond motifs is 1. The first-order chi connectivity index (χ1) is 21.0. The molecule has 3 N–H and O–H groups in total. The Bertz CT molecular complexity index is 1650. The molecule has 5 rings (SSSR count). The highest BCUT2D eigenvalue weighted by Crippen LogP contribution is 2.30. The minimum Gasteiger partial charge on any atom is -0.480 e. The predicted octanol–water partition coefficient (Wildman–Crippen LogP) is 5.06. The molecule has 1 aliphatic rings. The minimum absolute atomic E-state index is 0.0484. The number of nitrogens with zero attached hydrogens (tertiary/aromatic N) is 3. The molecule has 0 bridgehead atoms. The van der Waals surface area contributed by atoms with Crippen LogP contribution in [0.15, 0.2) is 54.7 Å². The number of aromatic amines is 1. The molecule has 0 spiro atoms. The molecule has 2 heterocycles. The van der Waals surface area contributed by atoms with Gasteiger partial charge in [-0.3, -0.25) is 14.7 Å². The van der Waals surface area contributed by atoms with Gasteiger partial charge in [-0.15, -0.1) is 13.2 Å². The van der Waals surface area contributed by atoms with Crippen molar-refractivity contribution in [3.05, 3.63) is 71.5 Å². The second-order valence-electron chi connectivity index (χ2n) is 10.9. The number of H-pyrrole nitrogens is 1. The van der Waals surface area contributed by atoms with E-state index in [1.165, 1.54) is 31.5 Å². The van der Waals surface area contributed by atoms with Crippen molar-refractivity contribution in [2.45, 2.75) is 50.7 Å². The summed E-state index contributed by atoms with van der Waals surface area (Å²) in [5.74, 6) is -1.19. The van der Waals surface area contributed by atoms with Crippen LogP contribution in [0.5, 0.6) is 11.6 Å². The van der Waals surface area contributed by atoms with Gasteiger partial charge < -0.3 is 25.0 Å². The maximum atomic E-state index is 13.1. The summed E-state index contributed by atoms with van der Waals surface area (Å²) in [5.41, 5.74) is 2.45. The number of benzene rings is 2. The Balaban J connectivity index is 1.30. The van der Waals surface area contributed by atoms with E-state index in [1.807, 2.05) is 0 Å². The Kier molecular flexibility index (Phi) is 9.04. The molecule has 2 aromatic heterocycles. The number of alkyl halides is 3. The number of carbonyl (C=O) groups is 2. The van der Waals surface area contributed by atoms with Gasteiger partial charge in [0.2, 0.25) is 5.88 Å². The van der Waals surface area contributed by atoms with Crippen LogP contribution in [-0.2, 0) is 6.54 Å². The van der Waals surface area contributed by atoms with Crippen LogP contribution in [0.2, 0.25) is 0 Å². The average molecular weight is 611 g/mol. The molecule has 10 nitrogen and oxygen atoms in total. The molecule has 2 aromatic carbocycles. The summed E-state index contributed by atoms with van der Waals surface area (Å²) >= 11 is 0. The number of methoxy groups -OCH3 is 1. The molecular formula is C31H33F3N6O4. The highest BCUT2D eigenvalue weighted by Gasteiger charge is 2.32. The Morgan fingerprint density at radius 1 is 1.02 bits per heavy atom. The largest absolute Gasteiger partial charge is 0.573 e. The van der Waals surface area contributed by atoms with Crippen LogP contribution in [0, 0.1) is 0 Å². The van der Waals surface area contributed by atoms with E-state index < -0.39 is 18.0 Å². The number of hydrogen-bond acceptors (Lipinski definition) is 7. The van der Waals surface area contributed by atoms with Gasteiger partial charge in [-0.05, 0) is 69.6 Å². The van der Waals surface area contributed by atoms with Gasteiger partial charge >= 0.3 is 6.36 Å². The first kappa shape index (κ1) is 30.8. The first-order valence-corrected chi connectivity index (χ1v) is 14.1. The maximum Gasteiger partial charge on any atom is 0.573 e. The third-order valence-corrected chi connectivity index (χ3v) is 7.80. The molecule has 1 saturated carbocycles. The van der Waals surface area contributed by atoms with Gasteiger partial charge in [0.25, 0.3) is 11.8 Å². The van der Waals surface area contributed by atoms with Crippen LogP contribution in [0.1, 0.15) is 52.1 Å². The van der Waals surface area contributed by atoms with Crippen LogP contribution < -0.4 is 20.1 Å². The molecule has 4 aromatic rings. The molecule has 44 heavy (non-hydrogen) atoms. The second-order valence-corrected chi connectivity index (χ2v) is 10.9. The third-order valence-electron chi connectivity index (χ3n) is 7.80. The van der Waals surface area contributed by atoms with E-state index in [9.17, 15) is 22.8 Å². The number of halogens is 3. The van der Waals surface area contributed by atoms with E-state index in [0.29, 0.717) is 33.8 Å². The number of aromatic nitrogens is 3. The zero-order chi connectivity index (χ0) is 31.4. The summed E-state index contributed by atoms with van der Waals surface area (Å²) in [6, 6.07) is 13.2. The summed E-state index contributed by atoms with van der Waals surface area (Å²) in [6.45, 7) is -0.222. The van der Waals surface area contributed by atoms with E-state index >= 15 is 0 Å². The maximum absolute atomic E-state index is 13.1. The topological polar surface area (TPSA) is 121 Å². The lowest BCUT2D eigenvalue weighted by Crippen LogP contribution is -2.41. The standard InChI is InChI=1S/C31H33F3N6O4/c1-40(2)22-11-9-21(10-12-22)37-29(42)27-23-13-8-18(15-25(23)38-39-27)20-14-24(30(43-3)36-17-20)28(41)35-16-19-6-4-5-7-26(19)44-31(32,33)34/h4-8,13-15,17,21-22H,9-12,16H2,1-3H3,(H,35,41)(H,37,42)(H,38,39). The Morgan fingerprint density at radius 2 is 1.77 bits per heavy atom. The molecule has 0 unspecified atom stereocenters. The number of amides is 2. The molecule has 2 amide bonds. The van der Waals surface area contributed by atoms with Gasteiger partial charge in [-0.25, -0.2) is 4.98 Å². The smallest absolute Gasteiger partial charge is 0.480 e. The fraction of sp³-hybridized carbons (Fsp3) is 0.355. The second kappa shape index (κ2) is 12.9. The summed E-state index contributed by atoms with van der Waals surface area (Å²) in [7, 11) is 5.52. The van der Waals surface area contributed by atoms with Crippen LogP contribution in [0.4, 0.5) is 13.2 Å². The summed E-state index contributed by atoms with van der Waals surface area (Å²) in [4.78, 5) is 32.7. The zero-order valence-electron chi connectivity index (χ0n) is 24.5. The number of ether oxygens (including phenoxy) is 2. The summed E-state index contributed by atoms with van der Waals surface area (Å²) in [5, 5.41) is 13.6. The highest BCUT2D eigenvalue weighted by molar-refractivity contribution is 6.05. The number of carbonyl (C=O) groups excluding carboxylic acids is 2. The first-order valence-electron chi connectivity index (χ1n) is 14.1. The number of rotatable bonds is 9. The van der Waals surface area contributed by atoms with Gasteiger partial charge in [0.15, 0.2) is 5.69 Å². The van der Waals surface area contributed by atoms with Gasteiger partial charge in [-0.2, -0.15) is 5.10 Å². The molecule has 13 heteroatoms. The highest BCUT2D eigenvalue weighted by atomic mass is 19.4. The monoisotopic (exact) mass is 610 g/mol. The lowest BCUT2D eigenvalue weighted by atomic mass is 9.90. The lowest BCUT2D eigenvalue weighted by molar-refractivity contribution is -0.274. The summed E-state index contributed by atoms with van der Waals surface area (Å²) in [6.07, 6.45) is 0.547. The molecule has 1 fully saturated rings. The van der Waals surface area contributed by atoms with E-state index in [2.05, 4.69) is 49.5 Å². The number of nitrogens with one attached hydrogen (secondary N) is 3. The van der Waals surface area contributed by atoms with Gasteiger partial charge in [-0.1, -0.05) is 24.3 Å². The van der Waals surface area contributed by atoms with E-state index in [-0.39, 0.29) is 35.5 Å². The van der Waals surface area contributed by atoms with E-state index in [4.69, 9.17) is 4.74 Å². The van der Waals surface area contributed by atoms with Gasteiger partial charge in [0.1, 0.15) is 11.3 Å². The van der Waals surface area contributed by atoms with Crippen molar-refractivity contribution in [3.8, 4) is 22.8 Å². The van der Waals surface area contributed by atoms with Crippen molar-refractivity contribution in [1.29, 1.82) is 0 Å². The molecule has 0 aliphatic heterocycles. The normalized spacial score (nSPS) is 17.0. The fourth-order valence-electron chi connectivity index (χ4n) is 5.44. The third kappa shape index (κ3) is 7.10. The van der Waals surface area contributed by atoms with Crippen LogP contribution in [-0.4, -0.2) is 71.5 Å². The van der Waals surface area contributed by atoms with Gasteiger partial charge in [0, 0.05) is 41.3 Å². The predicted molar refractivity (Wildman–Crippen MR) is 157 cm³/mol. The van der Waals surface area contributed by atoms with Crippen LogP contribution in [0.3, 0.4) is 0 Å². The Morgan fingerprint density at radius 3 is 2.48 bits per heavy atom. The Labute approximate surface area is 251 Å². The molecule has 232 valence electrons. The minimum atomic E-state index is -4.87. The summed E-state index contributed by atoms with van der Waals surface area (Å²) < 4.78 is 47.7. The van der Waals surface area contributed by atoms with Crippen molar-refractivity contribution in [3.63, 3.8) is 0 Å². The Hall–Kier alpha value is -4.65. The quantitative estimate of drug-likeness (QED) is 0.242. The molecule has 0 atom stereocenters. The van der Waals surface area contributed by atoms with Crippen molar-refractivity contribution < 1.29 is 32.2 Å². The SMILES string of the molecule is COc1ncc(-c2ccc3c(C(=O)NC4CCC(N(C)C)CC4)n[nH]c3c2)cc1C(=O)NCc1ccccc1OC(F)(F)F. The fourth-order valence-corrected chi connectivity index (χ4v) is 5.44. The number of hydrogen-bond donors (Lipinski definition) is 3. The van der Waals surface area contributed by atoms with Crippen molar-refractivity contribution >= 4 is 22.7 Å². The van der Waals surface area contributed by atoms with E-state index in [1.54, 1.807) is 30.3 Å². The molecular weight excluding hydrogens is 577 g/mol.